The molecule has 0 atom stereocenters. The molecule has 0 heterocycles. The highest BCUT2D eigenvalue weighted by molar-refractivity contribution is 8.13. The Morgan fingerprint density at radius 2 is 1.90 bits per heavy atom. The molecule has 1 amide bonds. The number of nitrogens with zero attached hydrogens (tertiary/aromatic N) is 1. The van der Waals surface area contributed by atoms with Gasteiger partial charge in [0.25, 0.3) is 15.0 Å². The Kier molecular flexibility index (Phi) is 5.69. The van der Waals surface area contributed by atoms with E-state index in [-0.39, 0.29) is 12.5 Å². The number of carbonyl (C=O) groups excluding carboxylic acids is 1. The number of hydrogen-bond donors (Lipinski definition) is 0. The van der Waals surface area contributed by atoms with Crippen LogP contribution in [0.5, 0.6) is 0 Å². The quantitative estimate of drug-likeness (QED) is 0.775. The van der Waals surface area contributed by atoms with Crippen LogP contribution in [-0.4, -0.2) is 32.3 Å². The van der Waals surface area contributed by atoms with Crippen LogP contribution >= 0.6 is 10.7 Å². The van der Waals surface area contributed by atoms with Gasteiger partial charge in [-0.05, 0) is 25.0 Å². The molecular weight excluding hydrogens is 324 g/mol. The molecule has 0 saturated carbocycles. The Hall–Kier alpha value is -1.21. The highest BCUT2D eigenvalue weighted by Crippen LogP contribution is 2.25. The van der Waals surface area contributed by atoms with Crippen LogP contribution in [0.15, 0.2) is 17.0 Å². The van der Waals surface area contributed by atoms with Crippen molar-refractivity contribution in [2.45, 2.75) is 25.7 Å². The Balaban J connectivity index is 3.39. The monoisotopic (exact) mass is 339 g/mol. The fraction of sp³-hybridized carbons (Fsp3) is 0.462. The van der Waals surface area contributed by atoms with Gasteiger partial charge in [-0.2, -0.15) is 0 Å². The Labute approximate surface area is 127 Å². The molecule has 0 N–H and O–H groups in total. The summed E-state index contributed by atoms with van der Waals surface area (Å²) in [4.78, 5) is 12.6. The van der Waals surface area contributed by atoms with E-state index in [1.807, 2.05) is 13.8 Å². The second-order valence-corrected chi connectivity index (χ2v) is 7.44. The van der Waals surface area contributed by atoms with Crippen molar-refractivity contribution in [1.29, 1.82) is 0 Å². The van der Waals surface area contributed by atoms with Gasteiger partial charge in [0.1, 0.15) is 16.3 Å². The lowest BCUT2D eigenvalue weighted by Crippen LogP contribution is -2.35. The zero-order chi connectivity index (χ0) is 16.4. The fourth-order valence-electron chi connectivity index (χ4n) is 1.87. The van der Waals surface area contributed by atoms with E-state index >= 15 is 0 Å². The summed E-state index contributed by atoms with van der Waals surface area (Å²) in [6, 6.07) is 1.41. The van der Waals surface area contributed by atoms with Crippen molar-refractivity contribution in [3.8, 4) is 0 Å². The Bertz CT molecular complexity index is 647. The van der Waals surface area contributed by atoms with Crippen molar-refractivity contribution in [2.24, 2.45) is 5.92 Å². The van der Waals surface area contributed by atoms with Crippen molar-refractivity contribution < 1.29 is 22.0 Å². The van der Waals surface area contributed by atoms with Crippen LogP contribution in [0.1, 0.15) is 31.1 Å². The summed E-state index contributed by atoms with van der Waals surface area (Å²) in [5, 5.41) is 0. The molecule has 8 heteroatoms. The third kappa shape index (κ3) is 4.14. The van der Waals surface area contributed by atoms with Crippen LogP contribution in [-0.2, 0) is 9.05 Å². The first kappa shape index (κ1) is 17.8. The van der Waals surface area contributed by atoms with Crippen LogP contribution in [0.3, 0.4) is 0 Å². The lowest BCUT2D eigenvalue weighted by molar-refractivity contribution is 0.0735. The minimum Gasteiger partial charge on any atom is -0.338 e. The van der Waals surface area contributed by atoms with E-state index in [0.717, 1.165) is 6.07 Å². The molecule has 0 aliphatic rings. The Morgan fingerprint density at radius 1 is 1.33 bits per heavy atom. The maximum Gasteiger partial charge on any atom is 0.264 e. The van der Waals surface area contributed by atoms with Crippen molar-refractivity contribution >= 4 is 25.6 Å². The summed E-state index contributed by atoms with van der Waals surface area (Å²) >= 11 is 0. The molecule has 0 fully saturated rings. The molecule has 0 bridgehead atoms. The Morgan fingerprint density at radius 3 is 2.33 bits per heavy atom. The number of hydrogen-bond acceptors (Lipinski definition) is 3. The van der Waals surface area contributed by atoms with Crippen LogP contribution in [0.4, 0.5) is 8.78 Å². The molecule has 0 aliphatic carbocycles. The van der Waals surface area contributed by atoms with E-state index in [1.54, 1.807) is 6.92 Å². The molecule has 21 heavy (non-hydrogen) atoms. The number of benzene rings is 1. The summed E-state index contributed by atoms with van der Waals surface area (Å²) in [5.74, 6) is -3.38. The zero-order valence-electron chi connectivity index (χ0n) is 11.9. The lowest BCUT2D eigenvalue weighted by atomic mass is 10.1. The molecular formula is C13H16ClF2NO3S. The number of halogens is 3. The van der Waals surface area contributed by atoms with E-state index in [1.165, 1.54) is 4.90 Å². The average Bonchev–Trinajstić information content (AvgIpc) is 2.33. The highest BCUT2D eigenvalue weighted by atomic mass is 35.7. The van der Waals surface area contributed by atoms with Crippen LogP contribution in [0.25, 0.3) is 0 Å². The first-order chi connectivity index (χ1) is 9.59. The third-order valence-corrected chi connectivity index (χ3v) is 4.13. The molecule has 1 rings (SSSR count). The van der Waals surface area contributed by atoms with Crippen molar-refractivity contribution in [3.05, 3.63) is 29.3 Å². The third-order valence-electron chi connectivity index (χ3n) is 2.79. The maximum absolute atomic E-state index is 14.2. The molecule has 4 nitrogen and oxygen atoms in total. The maximum atomic E-state index is 14.2. The minimum absolute atomic E-state index is 0.0972. The fourth-order valence-corrected chi connectivity index (χ4v) is 2.78. The standard InChI is InChI=1S/C13H16ClF2NO3S/c1-4-17(7-8(2)3)13(18)11-9(15)5-6-10(12(11)16)21(14,19)20/h5-6,8H,4,7H2,1-3H3. The minimum atomic E-state index is -4.40. The molecule has 0 radical (unpaired) electrons. The van der Waals surface area contributed by atoms with Gasteiger partial charge in [-0.25, -0.2) is 17.2 Å². The summed E-state index contributed by atoms with van der Waals surface area (Å²) < 4.78 is 50.4. The molecule has 0 saturated heterocycles. The molecule has 1 aromatic carbocycles. The smallest absolute Gasteiger partial charge is 0.264 e. The average molecular weight is 340 g/mol. The normalized spacial score (nSPS) is 11.8. The number of carbonyl (C=O) groups is 1. The number of rotatable bonds is 5. The molecule has 0 aliphatic heterocycles. The SMILES string of the molecule is CCN(CC(C)C)C(=O)c1c(F)ccc(S(=O)(=O)Cl)c1F. The molecule has 0 aromatic heterocycles. The van der Waals surface area contributed by atoms with E-state index in [0.29, 0.717) is 12.6 Å². The lowest BCUT2D eigenvalue weighted by Gasteiger charge is -2.23. The largest absolute Gasteiger partial charge is 0.338 e. The van der Waals surface area contributed by atoms with E-state index in [2.05, 4.69) is 0 Å². The summed E-state index contributed by atoms with van der Waals surface area (Å²) in [6.07, 6.45) is 0. The molecule has 118 valence electrons. The van der Waals surface area contributed by atoms with Crippen LogP contribution in [0, 0.1) is 17.6 Å². The van der Waals surface area contributed by atoms with Gasteiger partial charge in [0, 0.05) is 23.8 Å². The van der Waals surface area contributed by atoms with Gasteiger partial charge in [0.2, 0.25) is 0 Å². The predicted molar refractivity (Wildman–Crippen MR) is 75.8 cm³/mol. The first-order valence-corrected chi connectivity index (χ1v) is 8.62. The van der Waals surface area contributed by atoms with Gasteiger partial charge in [-0.3, -0.25) is 4.79 Å². The van der Waals surface area contributed by atoms with E-state index in [9.17, 15) is 22.0 Å². The van der Waals surface area contributed by atoms with Crippen LogP contribution in [0.2, 0.25) is 0 Å². The summed E-state index contributed by atoms with van der Waals surface area (Å²) in [7, 11) is 0.674. The second-order valence-electron chi connectivity index (χ2n) is 4.91. The molecule has 1 aromatic rings. The van der Waals surface area contributed by atoms with Gasteiger partial charge in [-0.1, -0.05) is 13.8 Å². The topological polar surface area (TPSA) is 54.5 Å². The summed E-state index contributed by atoms with van der Waals surface area (Å²) in [6.45, 7) is 5.91. The van der Waals surface area contributed by atoms with Crippen molar-refractivity contribution in [3.63, 3.8) is 0 Å². The van der Waals surface area contributed by atoms with Gasteiger partial charge in [-0.15, -0.1) is 0 Å². The van der Waals surface area contributed by atoms with Crippen molar-refractivity contribution in [1.82, 2.24) is 4.90 Å². The predicted octanol–water partition coefficient (Wildman–Crippen LogP) is 3.01. The molecule has 0 unspecified atom stereocenters. The summed E-state index contributed by atoms with van der Waals surface area (Å²) in [5.41, 5.74) is -0.903. The highest BCUT2D eigenvalue weighted by Gasteiger charge is 2.28. The van der Waals surface area contributed by atoms with Gasteiger partial charge < -0.3 is 4.90 Å². The first-order valence-electron chi connectivity index (χ1n) is 6.31. The van der Waals surface area contributed by atoms with Gasteiger partial charge in [0.15, 0.2) is 5.82 Å². The number of amides is 1. The molecule has 0 spiro atoms. The van der Waals surface area contributed by atoms with Gasteiger partial charge in [0.05, 0.1) is 0 Å². The second kappa shape index (κ2) is 6.70. The van der Waals surface area contributed by atoms with E-state index in [4.69, 9.17) is 10.7 Å². The van der Waals surface area contributed by atoms with Gasteiger partial charge >= 0.3 is 0 Å². The van der Waals surface area contributed by atoms with E-state index < -0.39 is 37.1 Å². The van der Waals surface area contributed by atoms with Crippen molar-refractivity contribution in [2.75, 3.05) is 13.1 Å². The zero-order valence-corrected chi connectivity index (χ0v) is 13.4. The van der Waals surface area contributed by atoms with Crippen LogP contribution < -0.4 is 0 Å².